The molecule has 0 N–H and O–H groups in total. The first-order valence-corrected chi connectivity index (χ1v) is 7.28. The van der Waals surface area contributed by atoms with Crippen molar-refractivity contribution in [3.05, 3.63) is 30.2 Å². The lowest BCUT2D eigenvalue weighted by molar-refractivity contribution is 0.309. The zero-order valence-corrected chi connectivity index (χ0v) is 13.0. The molecule has 0 amide bonds. The van der Waals surface area contributed by atoms with Gasteiger partial charge in [-0.05, 0) is 30.7 Å². The Morgan fingerprint density at radius 3 is 2.40 bits per heavy atom. The highest BCUT2D eigenvalue weighted by Crippen LogP contribution is 2.38. The molecule has 0 saturated heterocycles. The molecular weight excluding hydrogens is 323 g/mol. The van der Waals surface area contributed by atoms with Crippen molar-refractivity contribution in [1.82, 2.24) is 10.2 Å². The summed E-state index contributed by atoms with van der Waals surface area (Å²) in [6, 6.07) is 7.31. The van der Waals surface area contributed by atoms with Gasteiger partial charge in [-0.3, -0.25) is 0 Å². The number of aromatic nitrogens is 2. The van der Waals surface area contributed by atoms with Gasteiger partial charge >= 0.3 is 0 Å². The normalized spacial score (nSPS) is 11.6. The molecule has 1 aromatic carbocycles. The quantitative estimate of drug-likeness (QED) is 0.585. The Kier molecular flexibility index (Phi) is 5.13. The average molecular weight is 336 g/mol. The fourth-order valence-electron chi connectivity index (χ4n) is 1.48. The minimum absolute atomic E-state index is 0.0548. The van der Waals surface area contributed by atoms with Gasteiger partial charge in [-0.1, -0.05) is 48.1 Å². The van der Waals surface area contributed by atoms with Gasteiger partial charge < -0.3 is 9.15 Å². The summed E-state index contributed by atoms with van der Waals surface area (Å²) in [5.74, 6) is 1.04. The van der Waals surface area contributed by atoms with E-state index in [1.54, 1.807) is 0 Å². The van der Waals surface area contributed by atoms with Crippen LogP contribution in [0.3, 0.4) is 0 Å². The third-order valence-electron chi connectivity index (χ3n) is 2.54. The Labute approximate surface area is 132 Å². The highest BCUT2D eigenvalue weighted by Gasteiger charge is 2.30. The molecule has 1 heterocycles. The van der Waals surface area contributed by atoms with Crippen LogP contribution in [-0.4, -0.2) is 16.8 Å². The van der Waals surface area contributed by atoms with Crippen molar-refractivity contribution in [2.24, 2.45) is 0 Å². The van der Waals surface area contributed by atoms with E-state index in [4.69, 9.17) is 44.0 Å². The van der Waals surface area contributed by atoms with Crippen LogP contribution in [0.5, 0.6) is 5.75 Å². The van der Waals surface area contributed by atoms with E-state index in [0.717, 1.165) is 24.2 Å². The Bertz CT molecular complexity index is 549. The molecule has 0 bridgehead atoms. The maximum absolute atomic E-state index is 5.67. The number of unbranched alkanes of at least 4 members (excludes halogenated alkanes) is 1. The van der Waals surface area contributed by atoms with Crippen molar-refractivity contribution < 1.29 is 9.15 Å². The monoisotopic (exact) mass is 334 g/mol. The molecule has 0 unspecified atom stereocenters. The van der Waals surface area contributed by atoms with E-state index in [2.05, 4.69) is 17.1 Å². The molecule has 0 spiro atoms. The number of hydrogen-bond donors (Lipinski definition) is 0. The van der Waals surface area contributed by atoms with Crippen molar-refractivity contribution in [2.75, 3.05) is 6.61 Å². The second-order valence-corrected chi connectivity index (χ2v) is 6.42. The molecule has 0 aliphatic rings. The van der Waals surface area contributed by atoms with Crippen LogP contribution in [0, 0.1) is 0 Å². The van der Waals surface area contributed by atoms with Gasteiger partial charge in [-0.15, -0.1) is 10.2 Å². The molecule has 0 fully saturated rings. The summed E-state index contributed by atoms with van der Waals surface area (Å²) in [5.41, 5.74) is 0.737. The molecule has 0 aliphatic heterocycles. The molecule has 2 aromatic rings. The van der Waals surface area contributed by atoms with Gasteiger partial charge in [0.2, 0.25) is 5.89 Å². The zero-order valence-electron chi connectivity index (χ0n) is 10.8. The van der Waals surface area contributed by atoms with Gasteiger partial charge in [-0.25, -0.2) is 0 Å². The molecule has 2 rings (SSSR count). The molecule has 4 nitrogen and oxygen atoms in total. The highest BCUT2D eigenvalue weighted by molar-refractivity contribution is 6.66. The number of hydrogen-bond acceptors (Lipinski definition) is 4. The molecule has 7 heteroatoms. The molecule has 1 aromatic heterocycles. The SMILES string of the molecule is CCCCOc1ccc(-c2nnc(C(Cl)(Cl)Cl)o2)cc1. The smallest absolute Gasteiger partial charge is 0.268 e. The Morgan fingerprint density at radius 2 is 1.85 bits per heavy atom. The third kappa shape index (κ3) is 4.01. The second kappa shape index (κ2) is 6.66. The minimum Gasteiger partial charge on any atom is -0.494 e. The van der Waals surface area contributed by atoms with Crippen LogP contribution in [0.25, 0.3) is 11.5 Å². The van der Waals surface area contributed by atoms with Gasteiger partial charge in [0.05, 0.1) is 6.61 Å². The van der Waals surface area contributed by atoms with Gasteiger partial charge in [-0.2, -0.15) is 0 Å². The van der Waals surface area contributed by atoms with Gasteiger partial charge in [0, 0.05) is 5.56 Å². The van der Waals surface area contributed by atoms with Crippen molar-refractivity contribution in [1.29, 1.82) is 0 Å². The summed E-state index contributed by atoms with van der Waals surface area (Å²) in [6.45, 7) is 2.82. The Hall–Kier alpha value is -0.970. The van der Waals surface area contributed by atoms with Gasteiger partial charge in [0.1, 0.15) is 5.75 Å². The standard InChI is InChI=1S/C13H13Cl3N2O2/c1-2-3-8-19-10-6-4-9(5-7-10)11-17-18-12(20-11)13(14,15)16/h4-7H,2-3,8H2,1H3. The summed E-state index contributed by atoms with van der Waals surface area (Å²) in [5, 5.41) is 7.55. The average Bonchev–Trinajstić information content (AvgIpc) is 2.89. The van der Waals surface area contributed by atoms with Crippen LogP contribution in [0.1, 0.15) is 25.7 Å². The molecule has 0 radical (unpaired) electrons. The predicted octanol–water partition coefficient (Wildman–Crippen LogP) is 4.74. The van der Waals surface area contributed by atoms with E-state index in [0.29, 0.717) is 12.5 Å². The van der Waals surface area contributed by atoms with Crippen LogP contribution in [0.15, 0.2) is 28.7 Å². The number of nitrogens with zero attached hydrogens (tertiary/aromatic N) is 2. The van der Waals surface area contributed by atoms with Crippen LogP contribution < -0.4 is 4.74 Å². The fraction of sp³-hybridized carbons (Fsp3) is 0.385. The van der Waals surface area contributed by atoms with Crippen molar-refractivity contribution in [3.63, 3.8) is 0 Å². The lowest BCUT2D eigenvalue weighted by Gasteiger charge is -2.05. The van der Waals surface area contributed by atoms with E-state index in [1.165, 1.54) is 0 Å². The topological polar surface area (TPSA) is 48.2 Å². The van der Waals surface area contributed by atoms with Gasteiger partial charge in [0.15, 0.2) is 0 Å². The van der Waals surface area contributed by atoms with Crippen LogP contribution in [0.2, 0.25) is 0 Å². The van der Waals surface area contributed by atoms with Gasteiger partial charge in [0.25, 0.3) is 9.68 Å². The first-order valence-electron chi connectivity index (χ1n) is 6.14. The molecule has 0 atom stereocenters. The van der Waals surface area contributed by atoms with Crippen molar-refractivity contribution >= 4 is 34.8 Å². The summed E-state index contributed by atoms with van der Waals surface area (Å²) in [6.07, 6.45) is 2.12. The lowest BCUT2D eigenvalue weighted by Crippen LogP contribution is -1.99. The molecule has 0 saturated carbocycles. The van der Waals surface area contributed by atoms with Crippen LogP contribution in [-0.2, 0) is 3.79 Å². The highest BCUT2D eigenvalue weighted by atomic mass is 35.6. The first-order chi connectivity index (χ1) is 9.50. The van der Waals surface area contributed by atoms with Crippen LogP contribution in [0.4, 0.5) is 0 Å². The predicted molar refractivity (Wildman–Crippen MR) is 79.4 cm³/mol. The van der Waals surface area contributed by atoms with E-state index < -0.39 is 3.79 Å². The number of rotatable bonds is 5. The minimum atomic E-state index is -1.71. The summed E-state index contributed by atoms with van der Waals surface area (Å²) >= 11 is 17.0. The number of halogens is 3. The first kappa shape index (κ1) is 15.4. The molecule has 20 heavy (non-hydrogen) atoms. The number of ether oxygens (including phenoxy) is 1. The lowest BCUT2D eigenvalue weighted by atomic mass is 10.2. The second-order valence-electron chi connectivity index (χ2n) is 4.14. The van der Waals surface area contributed by atoms with Crippen molar-refractivity contribution in [3.8, 4) is 17.2 Å². The van der Waals surface area contributed by atoms with Crippen LogP contribution >= 0.6 is 34.8 Å². The molecule has 0 aliphatic carbocycles. The summed E-state index contributed by atoms with van der Waals surface area (Å²) in [4.78, 5) is 0. The maximum Gasteiger partial charge on any atom is 0.268 e. The Balaban J connectivity index is 2.08. The molecular formula is C13H13Cl3N2O2. The Morgan fingerprint density at radius 1 is 1.15 bits per heavy atom. The van der Waals surface area contributed by atoms with E-state index in [1.807, 2.05) is 24.3 Å². The fourth-order valence-corrected chi connectivity index (χ4v) is 1.71. The van der Waals surface area contributed by atoms with E-state index >= 15 is 0 Å². The van der Waals surface area contributed by atoms with E-state index in [-0.39, 0.29) is 5.89 Å². The summed E-state index contributed by atoms with van der Waals surface area (Å²) in [7, 11) is 0. The number of benzene rings is 1. The maximum atomic E-state index is 5.67. The largest absolute Gasteiger partial charge is 0.494 e. The molecule has 108 valence electrons. The number of alkyl halides is 3. The zero-order chi connectivity index (χ0) is 14.6. The van der Waals surface area contributed by atoms with E-state index in [9.17, 15) is 0 Å². The summed E-state index contributed by atoms with van der Waals surface area (Å²) < 4.78 is 9.17. The van der Waals surface area contributed by atoms with Crippen molar-refractivity contribution in [2.45, 2.75) is 23.6 Å². The third-order valence-corrected chi connectivity index (χ3v) is 3.02.